The molecule has 1 spiro atoms. The summed E-state index contributed by atoms with van der Waals surface area (Å²) in [6.45, 7) is 0.587. The molecule has 10 nitrogen and oxygen atoms in total. The van der Waals surface area contributed by atoms with Crippen molar-refractivity contribution in [2.75, 3.05) is 25.9 Å². The quantitative estimate of drug-likeness (QED) is 0.422. The highest BCUT2D eigenvalue weighted by atomic mass is 35.5. The van der Waals surface area contributed by atoms with E-state index in [1.54, 1.807) is 18.2 Å². The number of hydrogen-bond acceptors (Lipinski definition) is 6. The summed E-state index contributed by atoms with van der Waals surface area (Å²) < 4.78 is 48.1. The summed E-state index contributed by atoms with van der Waals surface area (Å²) in [5.74, 6) is -0.824. The molecule has 4 rings (SSSR count). The molecule has 2 heterocycles. The highest BCUT2D eigenvalue weighted by molar-refractivity contribution is 7.90. The standard InChI is InChI=1S/C23H26ClN3O7S2/c1-35(31,32)19-8-3-2-5-15(19)11-17-13-26(22(29)30)10-9-23(17)14-27(21(23)24)20(28)16-6-4-7-18(12-16)36(25,33)34/h2-8,12,17,21H,9-11,13-14H2,1H3,(H,29,30)(H2,25,33,34). The van der Waals surface area contributed by atoms with Crippen molar-refractivity contribution in [1.82, 2.24) is 9.80 Å². The number of sulfone groups is 1. The number of nitrogens with two attached hydrogens (primary N) is 1. The number of halogens is 1. The van der Waals surface area contributed by atoms with Crippen LogP contribution in [0.1, 0.15) is 22.3 Å². The van der Waals surface area contributed by atoms with Crippen LogP contribution < -0.4 is 5.14 Å². The fourth-order valence-corrected chi connectivity index (χ4v) is 7.19. The number of sulfonamides is 1. The maximum Gasteiger partial charge on any atom is 0.407 e. The Kier molecular flexibility index (Phi) is 6.84. The average molecular weight is 556 g/mol. The highest BCUT2D eigenvalue weighted by Crippen LogP contribution is 2.53. The number of primary sulfonamides is 1. The third-order valence-corrected chi connectivity index (χ3v) is 9.87. The molecule has 0 saturated carbocycles. The molecule has 194 valence electrons. The number of rotatable bonds is 5. The number of carbonyl (C=O) groups is 2. The van der Waals surface area contributed by atoms with Gasteiger partial charge in [0.2, 0.25) is 10.0 Å². The molecule has 0 bridgehead atoms. The molecular formula is C23H26ClN3O7S2. The summed E-state index contributed by atoms with van der Waals surface area (Å²) in [6.07, 6.45) is 0.694. The maximum absolute atomic E-state index is 13.2. The van der Waals surface area contributed by atoms with Crippen molar-refractivity contribution in [2.24, 2.45) is 16.5 Å². The Labute approximate surface area is 214 Å². The Bertz CT molecular complexity index is 1430. The Balaban J connectivity index is 1.64. The van der Waals surface area contributed by atoms with Gasteiger partial charge in [0.05, 0.1) is 9.79 Å². The van der Waals surface area contributed by atoms with Gasteiger partial charge in [-0.2, -0.15) is 0 Å². The molecule has 0 aromatic heterocycles. The third kappa shape index (κ3) is 4.82. The third-order valence-electron chi connectivity index (χ3n) is 7.09. The lowest BCUT2D eigenvalue weighted by Gasteiger charge is -2.61. The van der Waals surface area contributed by atoms with Crippen molar-refractivity contribution >= 4 is 43.5 Å². The van der Waals surface area contributed by atoms with E-state index in [4.69, 9.17) is 16.7 Å². The first kappa shape index (κ1) is 26.4. The highest BCUT2D eigenvalue weighted by Gasteiger charge is 2.59. The van der Waals surface area contributed by atoms with Crippen LogP contribution in [0.4, 0.5) is 4.79 Å². The summed E-state index contributed by atoms with van der Waals surface area (Å²) in [4.78, 5) is 27.6. The van der Waals surface area contributed by atoms with Crippen LogP contribution >= 0.6 is 11.6 Å². The fourth-order valence-electron chi connectivity index (χ4n) is 5.17. The number of nitrogens with zero attached hydrogens (tertiary/aromatic N) is 2. The van der Waals surface area contributed by atoms with Crippen LogP contribution in [0.15, 0.2) is 58.3 Å². The van der Waals surface area contributed by atoms with Crippen LogP contribution in [0.25, 0.3) is 0 Å². The van der Waals surface area contributed by atoms with E-state index in [9.17, 15) is 31.5 Å². The van der Waals surface area contributed by atoms with Gasteiger partial charge in [-0.15, -0.1) is 0 Å². The Morgan fingerprint density at radius 2 is 1.83 bits per heavy atom. The second kappa shape index (κ2) is 9.33. The predicted molar refractivity (Wildman–Crippen MR) is 132 cm³/mol. The van der Waals surface area contributed by atoms with Gasteiger partial charge in [0, 0.05) is 36.9 Å². The molecule has 2 amide bonds. The van der Waals surface area contributed by atoms with Crippen LogP contribution in [0.2, 0.25) is 0 Å². The van der Waals surface area contributed by atoms with Crippen molar-refractivity contribution in [3.8, 4) is 0 Å². The molecule has 13 heteroatoms. The Morgan fingerprint density at radius 1 is 1.14 bits per heavy atom. The van der Waals surface area contributed by atoms with Gasteiger partial charge in [0.25, 0.3) is 5.91 Å². The molecule has 2 aromatic rings. The average Bonchev–Trinajstić information content (AvgIpc) is 2.81. The minimum absolute atomic E-state index is 0.115. The van der Waals surface area contributed by atoms with Crippen molar-refractivity contribution in [1.29, 1.82) is 0 Å². The topological polar surface area (TPSA) is 155 Å². The van der Waals surface area contributed by atoms with E-state index in [0.29, 0.717) is 12.0 Å². The van der Waals surface area contributed by atoms with Crippen LogP contribution in [0.3, 0.4) is 0 Å². The monoisotopic (exact) mass is 555 g/mol. The number of hydrogen-bond donors (Lipinski definition) is 2. The molecule has 2 aliphatic heterocycles. The number of amides is 2. The second-order valence-corrected chi connectivity index (χ2v) is 13.3. The SMILES string of the molecule is CS(=O)(=O)c1ccccc1CC1CN(C(=O)O)CCC12CN(C(=O)c1cccc(S(N)(=O)=O)c1)C2Cl. The lowest BCUT2D eigenvalue weighted by molar-refractivity contribution is -0.0889. The minimum atomic E-state index is -4.00. The second-order valence-electron chi connectivity index (χ2n) is 9.33. The molecule has 2 fully saturated rings. The van der Waals surface area contributed by atoms with E-state index < -0.39 is 42.8 Å². The van der Waals surface area contributed by atoms with E-state index >= 15 is 0 Å². The summed E-state index contributed by atoms with van der Waals surface area (Å²) in [5.41, 5.74) is -0.768. The van der Waals surface area contributed by atoms with Gasteiger partial charge in [-0.05, 0) is 48.6 Å². The van der Waals surface area contributed by atoms with Crippen molar-refractivity contribution < 1.29 is 31.5 Å². The Hall–Kier alpha value is -2.67. The largest absolute Gasteiger partial charge is 0.465 e. The number of carbonyl (C=O) groups excluding carboxylic acids is 1. The maximum atomic E-state index is 13.2. The van der Waals surface area contributed by atoms with Gasteiger partial charge in [0.15, 0.2) is 9.84 Å². The molecule has 2 aliphatic rings. The van der Waals surface area contributed by atoms with E-state index in [2.05, 4.69) is 0 Å². The molecule has 3 N–H and O–H groups in total. The van der Waals surface area contributed by atoms with E-state index in [1.807, 2.05) is 0 Å². The first-order valence-electron chi connectivity index (χ1n) is 11.1. The zero-order valence-corrected chi connectivity index (χ0v) is 21.8. The summed E-state index contributed by atoms with van der Waals surface area (Å²) >= 11 is 6.82. The number of alkyl halides is 1. The van der Waals surface area contributed by atoms with E-state index in [0.717, 1.165) is 6.26 Å². The molecule has 2 aromatic carbocycles. The van der Waals surface area contributed by atoms with Crippen molar-refractivity contribution in [2.45, 2.75) is 28.1 Å². The lowest BCUT2D eigenvalue weighted by atomic mass is 9.62. The first-order chi connectivity index (χ1) is 16.7. The van der Waals surface area contributed by atoms with Crippen LogP contribution in [0, 0.1) is 11.3 Å². The van der Waals surface area contributed by atoms with Gasteiger partial charge in [0.1, 0.15) is 5.50 Å². The fraction of sp³-hybridized carbons (Fsp3) is 0.391. The minimum Gasteiger partial charge on any atom is -0.465 e. The first-order valence-corrected chi connectivity index (χ1v) is 15.0. The van der Waals surface area contributed by atoms with Gasteiger partial charge in [-0.3, -0.25) is 4.79 Å². The van der Waals surface area contributed by atoms with Crippen molar-refractivity contribution in [3.63, 3.8) is 0 Å². The summed E-state index contributed by atoms with van der Waals surface area (Å²) in [6, 6.07) is 11.9. The van der Waals surface area contributed by atoms with E-state index in [-0.39, 0.29) is 47.3 Å². The summed E-state index contributed by atoms with van der Waals surface area (Å²) in [5, 5.41) is 14.8. The normalized spacial score (nSPS) is 24.4. The number of carboxylic acid groups (broad SMARTS) is 1. The molecule has 3 atom stereocenters. The van der Waals surface area contributed by atoms with E-state index in [1.165, 1.54) is 40.1 Å². The molecule has 2 saturated heterocycles. The number of likely N-dealkylation sites (tertiary alicyclic amines) is 2. The molecule has 0 aliphatic carbocycles. The van der Waals surface area contributed by atoms with Crippen LogP contribution in [-0.2, 0) is 26.3 Å². The molecule has 36 heavy (non-hydrogen) atoms. The smallest absolute Gasteiger partial charge is 0.407 e. The summed E-state index contributed by atoms with van der Waals surface area (Å²) in [7, 11) is -7.52. The number of benzene rings is 2. The van der Waals surface area contributed by atoms with Gasteiger partial charge in [-0.25, -0.2) is 26.8 Å². The number of piperidine rings is 1. The molecule has 0 radical (unpaired) electrons. The van der Waals surface area contributed by atoms with Gasteiger partial charge < -0.3 is 14.9 Å². The van der Waals surface area contributed by atoms with Crippen LogP contribution in [0.5, 0.6) is 0 Å². The van der Waals surface area contributed by atoms with Gasteiger partial charge in [-0.1, -0.05) is 35.9 Å². The molecule has 3 unspecified atom stereocenters. The van der Waals surface area contributed by atoms with Crippen molar-refractivity contribution in [3.05, 3.63) is 59.7 Å². The van der Waals surface area contributed by atoms with Gasteiger partial charge >= 0.3 is 6.09 Å². The zero-order valence-electron chi connectivity index (χ0n) is 19.4. The Morgan fingerprint density at radius 3 is 2.44 bits per heavy atom. The van der Waals surface area contributed by atoms with Crippen LogP contribution in [-0.4, -0.2) is 75.1 Å². The predicted octanol–water partition coefficient (Wildman–Crippen LogP) is 1.99. The lowest BCUT2D eigenvalue weighted by Crippen LogP contribution is -2.70. The molecular weight excluding hydrogens is 530 g/mol. The zero-order chi connectivity index (χ0) is 26.5.